The number of H-pyrrole nitrogens is 1. The molecule has 2 aromatic rings. The fraction of sp³-hybridized carbons (Fsp3) is 0.333. The molecular weight excluding hydrogens is 282 g/mol. The number of aromatic nitrogens is 2. The van der Waals surface area contributed by atoms with E-state index in [1.807, 2.05) is 0 Å². The van der Waals surface area contributed by atoms with Gasteiger partial charge in [0.05, 0.1) is 18.5 Å². The Morgan fingerprint density at radius 3 is 2.90 bits per heavy atom. The number of aromatic amines is 1. The molecule has 0 spiro atoms. The SMILES string of the molecule is CN(Cc1nc2ccsc2c(=O)[nH]1)C(=O)CCC(=O)O. The molecule has 1 amide bonds. The summed E-state index contributed by atoms with van der Waals surface area (Å²) >= 11 is 1.31. The zero-order valence-corrected chi connectivity index (χ0v) is 11.6. The predicted octanol–water partition coefficient (Wildman–Crippen LogP) is 0.808. The number of fused-ring (bicyclic) bond motifs is 1. The molecule has 0 aliphatic rings. The third-order valence-electron chi connectivity index (χ3n) is 2.73. The number of carbonyl (C=O) groups is 2. The minimum absolute atomic E-state index is 0.0727. The highest BCUT2D eigenvalue weighted by molar-refractivity contribution is 7.17. The van der Waals surface area contributed by atoms with E-state index >= 15 is 0 Å². The molecule has 0 aliphatic carbocycles. The lowest BCUT2D eigenvalue weighted by atomic mass is 10.3. The van der Waals surface area contributed by atoms with Crippen molar-refractivity contribution < 1.29 is 14.7 Å². The number of hydrogen-bond donors (Lipinski definition) is 2. The molecule has 106 valence electrons. The Morgan fingerprint density at radius 1 is 1.45 bits per heavy atom. The molecule has 8 heteroatoms. The smallest absolute Gasteiger partial charge is 0.303 e. The Bertz CT molecular complexity index is 706. The quantitative estimate of drug-likeness (QED) is 0.849. The average molecular weight is 295 g/mol. The third-order valence-corrected chi connectivity index (χ3v) is 3.63. The second-order valence-electron chi connectivity index (χ2n) is 4.29. The van der Waals surface area contributed by atoms with Crippen LogP contribution < -0.4 is 5.56 Å². The average Bonchev–Trinajstić information content (AvgIpc) is 2.84. The van der Waals surface area contributed by atoms with E-state index in [2.05, 4.69) is 9.97 Å². The largest absolute Gasteiger partial charge is 0.481 e. The summed E-state index contributed by atoms with van der Waals surface area (Å²) in [7, 11) is 1.54. The van der Waals surface area contributed by atoms with Crippen LogP contribution in [0, 0.1) is 0 Å². The van der Waals surface area contributed by atoms with E-state index < -0.39 is 5.97 Å². The van der Waals surface area contributed by atoms with Crippen LogP contribution in [0.4, 0.5) is 0 Å². The van der Waals surface area contributed by atoms with Gasteiger partial charge in [-0.15, -0.1) is 11.3 Å². The number of aliphatic carboxylic acids is 1. The van der Waals surface area contributed by atoms with E-state index in [0.717, 1.165) is 0 Å². The van der Waals surface area contributed by atoms with Crippen LogP contribution in [0.1, 0.15) is 18.7 Å². The van der Waals surface area contributed by atoms with Gasteiger partial charge in [0.15, 0.2) is 0 Å². The van der Waals surface area contributed by atoms with Gasteiger partial charge in [0, 0.05) is 13.5 Å². The summed E-state index contributed by atoms with van der Waals surface area (Å²) in [5.74, 6) is -0.939. The first-order chi connectivity index (χ1) is 9.47. The molecule has 0 saturated carbocycles. The molecule has 0 aromatic carbocycles. The number of carbonyl (C=O) groups excluding carboxylic acids is 1. The van der Waals surface area contributed by atoms with E-state index in [1.165, 1.54) is 16.2 Å². The predicted molar refractivity (Wildman–Crippen MR) is 73.6 cm³/mol. The van der Waals surface area contributed by atoms with Crippen LogP contribution in [0.25, 0.3) is 10.2 Å². The zero-order chi connectivity index (χ0) is 14.7. The summed E-state index contributed by atoms with van der Waals surface area (Å²) in [5, 5.41) is 10.3. The monoisotopic (exact) mass is 295 g/mol. The standard InChI is InChI=1S/C12H13N3O4S/c1-15(9(16)2-3-10(17)18)6-8-13-7-4-5-20-11(7)12(19)14-8/h4-5H,2-3,6H2,1H3,(H,17,18)(H,13,14,19). The van der Waals surface area contributed by atoms with Crippen LogP contribution in [-0.2, 0) is 16.1 Å². The molecule has 0 fully saturated rings. The second kappa shape index (κ2) is 5.83. The van der Waals surface area contributed by atoms with Gasteiger partial charge in [0.2, 0.25) is 5.91 Å². The first-order valence-corrected chi connectivity index (χ1v) is 6.77. The summed E-state index contributed by atoms with van der Waals surface area (Å²) in [6, 6.07) is 1.74. The number of nitrogens with one attached hydrogen (secondary N) is 1. The van der Waals surface area contributed by atoms with E-state index in [1.54, 1.807) is 18.5 Å². The molecular formula is C12H13N3O4S. The lowest BCUT2D eigenvalue weighted by Gasteiger charge is -2.15. The Balaban J connectivity index is 2.09. The summed E-state index contributed by atoms with van der Waals surface area (Å²) in [6.07, 6.45) is -0.284. The maximum absolute atomic E-state index is 11.8. The van der Waals surface area contributed by atoms with Gasteiger partial charge in [0.25, 0.3) is 5.56 Å². The lowest BCUT2D eigenvalue weighted by molar-refractivity contribution is -0.140. The Morgan fingerprint density at radius 2 is 2.20 bits per heavy atom. The Labute approximate surface area is 117 Å². The minimum atomic E-state index is -1.02. The van der Waals surface area contributed by atoms with Crippen molar-refractivity contribution in [3.63, 3.8) is 0 Å². The molecule has 0 aliphatic heterocycles. The van der Waals surface area contributed by atoms with Crippen LogP contribution in [0.2, 0.25) is 0 Å². The van der Waals surface area contributed by atoms with Gasteiger partial charge in [-0.25, -0.2) is 4.98 Å². The van der Waals surface area contributed by atoms with Gasteiger partial charge in [-0.1, -0.05) is 0 Å². The maximum Gasteiger partial charge on any atom is 0.303 e. The first kappa shape index (κ1) is 14.2. The fourth-order valence-electron chi connectivity index (χ4n) is 1.71. The van der Waals surface area contributed by atoms with E-state index in [9.17, 15) is 14.4 Å². The Hall–Kier alpha value is -2.22. The fourth-order valence-corrected chi connectivity index (χ4v) is 2.44. The van der Waals surface area contributed by atoms with Gasteiger partial charge in [0.1, 0.15) is 10.5 Å². The van der Waals surface area contributed by atoms with Crippen LogP contribution in [-0.4, -0.2) is 38.9 Å². The molecule has 0 bridgehead atoms. The van der Waals surface area contributed by atoms with Gasteiger partial charge in [-0.3, -0.25) is 14.4 Å². The van der Waals surface area contributed by atoms with Crippen molar-refractivity contribution in [3.8, 4) is 0 Å². The van der Waals surface area contributed by atoms with Crippen molar-refractivity contribution in [2.24, 2.45) is 0 Å². The van der Waals surface area contributed by atoms with Crippen LogP contribution in [0.5, 0.6) is 0 Å². The number of amides is 1. The van der Waals surface area contributed by atoms with Gasteiger partial charge in [-0.05, 0) is 11.4 Å². The number of carboxylic acid groups (broad SMARTS) is 1. The highest BCUT2D eigenvalue weighted by atomic mass is 32.1. The van der Waals surface area contributed by atoms with E-state index in [-0.39, 0.29) is 30.9 Å². The second-order valence-corrected chi connectivity index (χ2v) is 5.21. The lowest BCUT2D eigenvalue weighted by Crippen LogP contribution is -2.28. The zero-order valence-electron chi connectivity index (χ0n) is 10.8. The van der Waals surface area contributed by atoms with Crippen molar-refractivity contribution >= 4 is 33.4 Å². The van der Waals surface area contributed by atoms with Crippen LogP contribution in [0.15, 0.2) is 16.2 Å². The third kappa shape index (κ3) is 3.21. The van der Waals surface area contributed by atoms with E-state index in [0.29, 0.717) is 16.0 Å². The van der Waals surface area contributed by atoms with Gasteiger partial charge < -0.3 is 15.0 Å². The minimum Gasteiger partial charge on any atom is -0.481 e. The highest BCUT2D eigenvalue weighted by Crippen LogP contribution is 2.14. The van der Waals surface area contributed by atoms with Gasteiger partial charge in [-0.2, -0.15) is 0 Å². The molecule has 20 heavy (non-hydrogen) atoms. The number of carboxylic acids is 1. The van der Waals surface area contributed by atoms with Gasteiger partial charge >= 0.3 is 5.97 Å². The molecule has 0 saturated heterocycles. The van der Waals surface area contributed by atoms with Crippen molar-refractivity contribution in [1.29, 1.82) is 0 Å². The first-order valence-electron chi connectivity index (χ1n) is 5.89. The summed E-state index contributed by atoms with van der Waals surface area (Å²) in [4.78, 5) is 42.1. The molecule has 0 radical (unpaired) electrons. The normalized spacial score (nSPS) is 10.7. The molecule has 7 nitrogen and oxygen atoms in total. The van der Waals surface area contributed by atoms with Crippen molar-refractivity contribution in [3.05, 3.63) is 27.6 Å². The topological polar surface area (TPSA) is 103 Å². The van der Waals surface area contributed by atoms with Crippen molar-refractivity contribution in [2.75, 3.05) is 7.05 Å². The molecule has 2 aromatic heterocycles. The molecule has 2 heterocycles. The number of hydrogen-bond acceptors (Lipinski definition) is 5. The molecule has 0 atom stereocenters. The number of nitrogens with zero attached hydrogens (tertiary/aromatic N) is 2. The summed E-state index contributed by atoms with van der Waals surface area (Å²) < 4.78 is 0.550. The van der Waals surface area contributed by atoms with Crippen LogP contribution in [0.3, 0.4) is 0 Å². The van der Waals surface area contributed by atoms with Crippen LogP contribution >= 0.6 is 11.3 Å². The summed E-state index contributed by atoms with van der Waals surface area (Å²) in [6.45, 7) is 0.138. The molecule has 2 N–H and O–H groups in total. The molecule has 2 rings (SSSR count). The number of thiophene rings is 1. The van der Waals surface area contributed by atoms with E-state index in [4.69, 9.17) is 5.11 Å². The maximum atomic E-state index is 11.8. The summed E-state index contributed by atoms with van der Waals surface area (Å²) in [5.41, 5.74) is 0.367. The van der Waals surface area contributed by atoms with Crippen molar-refractivity contribution in [1.82, 2.24) is 14.9 Å². The highest BCUT2D eigenvalue weighted by Gasteiger charge is 2.13. The molecule has 0 unspecified atom stereocenters. The number of rotatable bonds is 5. The van der Waals surface area contributed by atoms with Crippen molar-refractivity contribution in [2.45, 2.75) is 19.4 Å². The Kier molecular flexibility index (Phi) is 4.14.